The first kappa shape index (κ1) is 10.0. The molecule has 1 aromatic heterocycles. The molecule has 1 heterocycles. The summed E-state index contributed by atoms with van der Waals surface area (Å²) >= 11 is 11.8. The van der Waals surface area contributed by atoms with E-state index in [0.717, 1.165) is 0 Å². The second kappa shape index (κ2) is 3.36. The van der Waals surface area contributed by atoms with Crippen LogP contribution >= 0.6 is 23.2 Å². The molecule has 0 saturated heterocycles. The first-order valence-corrected chi connectivity index (χ1v) is 7.99. The number of hydrogen-bond donors (Lipinski definition) is 0. The minimum atomic E-state index is -1.37. The third kappa shape index (κ3) is 2.00. The van der Waals surface area contributed by atoms with E-state index in [1.165, 1.54) is 5.19 Å². The van der Waals surface area contributed by atoms with Crippen LogP contribution in [0.5, 0.6) is 0 Å². The van der Waals surface area contributed by atoms with Gasteiger partial charge in [0.05, 0.1) is 13.1 Å². The molecule has 0 unspecified atom stereocenters. The molecule has 66 valence electrons. The second-order valence-corrected chi connectivity index (χ2v) is 9.49. The largest absolute Gasteiger partial charge is 0.243 e. The minimum absolute atomic E-state index is 0.414. The van der Waals surface area contributed by atoms with Crippen LogP contribution in [0.3, 0.4) is 0 Å². The molecule has 0 saturated carbocycles. The quantitative estimate of drug-likeness (QED) is 0.523. The molecule has 0 spiro atoms. The molecule has 12 heavy (non-hydrogen) atoms. The molecule has 1 aromatic rings. The van der Waals surface area contributed by atoms with Gasteiger partial charge in [-0.2, -0.15) is 0 Å². The highest BCUT2D eigenvalue weighted by atomic mass is 35.5. The third-order valence-electron chi connectivity index (χ3n) is 1.65. The zero-order valence-corrected chi connectivity index (χ0v) is 9.87. The van der Waals surface area contributed by atoms with Gasteiger partial charge in [-0.05, 0) is 11.3 Å². The van der Waals surface area contributed by atoms with Crippen LogP contribution in [0.1, 0.15) is 0 Å². The minimum Gasteiger partial charge on any atom is -0.243 e. The van der Waals surface area contributed by atoms with Crippen LogP contribution < -0.4 is 5.19 Å². The molecule has 0 aliphatic carbocycles. The molecule has 0 bridgehead atoms. The fraction of sp³-hybridized carbons (Fsp3) is 0.375. The van der Waals surface area contributed by atoms with E-state index in [0.29, 0.717) is 10.2 Å². The molecule has 0 amide bonds. The number of nitrogens with zero attached hydrogens (tertiary/aromatic N) is 1. The fourth-order valence-corrected chi connectivity index (χ4v) is 3.55. The maximum atomic E-state index is 6.02. The second-order valence-electron chi connectivity index (χ2n) is 3.71. The van der Waals surface area contributed by atoms with Crippen molar-refractivity contribution in [1.82, 2.24) is 4.98 Å². The van der Waals surface area contributed by atoms with E-state index in [4.69, 9.17) is 23.2 Å². The Morgan fingerprint density at radius 3 is 2.25 bits per heavy atom. The predicted octanol–water partition coefficient (Wildman–Crippen LogP) is 2.93. The maximum Gasteiger partial charge on any atom is 0.147 e. The smallest absolute Gasteiger partial charge is 0.147 e. The van der Waals surface area contributed by atoms with Gasteiger partial charge in [0.1, 0.15) is 5.15 Å². The SMILES string of the molecule is C[Si](C)(C)c1ccnc(Cl)c1Cl. The Bertz CT molecular complexity index is 294. The summed E-state index contributed by atoms with van der Waals surface area (Å²) in [6.07, 6.45) is 1.71. The number of rotatable bonds is 1. The fourth-order valence-electron chi connectivity index (χ4n) is 0.997. The van der Waals surface area contributed by atoms with Crippen molar-refractivity contribution < 1.29 is 0 Å². The van der Waals surface area contributed by atoms with Crippen molar-refractivity contribution >= 4 is 36.5 Å². The van der Waals surface area contributed by atoms with Crippen molar-refractivity contribution in [3.63, 3.8) is 0 Å². The van der Waals surface area contributed by atoms with Crippen LogP contribution in [0, 0.1) is 0 Å². The molecule has 0 atom stereocenters. The average Bonchev–Trinajstić information content (AvgIpc) is 1.92. The van der Waals surface area contributed by atoms with Crippen molar-refractivity contribution in [3.8, 4) is 0 Å². The average molecular weight is 220 g/mol. The van der Waals surface area contributed by atoms with E-state index in [2.05, 4.69) is 24.6 Å². The highest BCUT2D eigenvalue weighted by molar-refractivity contribution is 6.90. The van der Waals surface area contributed by atoms with Gasteiger partial charge in [-0.15, -0.1) is 0 Å². The summed E-state index contributed by atoms with van der Waals surface area (Å²) in [7, 11) is -1.37. The Kier molecular flexibility index (Phi) is 2.81. The van der Waals surface area contributed by atoms with Crippen LogP contribution in [-0.2, 0) is 0 Å². The molecular formula is C8H11Cl2NSi. The summed E-state index contributed by atoms with van der Waals surface area (Å²) in [5.41, 5.74) is 0. The maximum absolute atomic E-state index is 6.02. The Balaban J connectivity index is 3.26. The summed E-state index contributed by atoms with van der Waals surface area (Å²) in [6, 6.07) is 1.96. The number of hydrogen-bond acceptors (Lipinski definition) is 1. The Morgan fingerprint density at radius 1 is 1.25 bits per heavy atom. The monoisotopic (exact) mass is 219 g/mol. The van der Waals surface area contributed by atoms with E-state index in [1.54, 1.807) is 6.20 Å². The Labute approximate surface area is 83.7 Å². The number of pyridine rings is 1. The van der Waals surface area contributed by atoms with E-state index >= 15 is 0 Å². The number of aromatic nitrogens is 1. The summed E-state index contributed by atoms with van der Waals surface area (Å²) in [4.78, 5) is 3.91. The van der Waals surface area contributed by atoms with Gasteiger partial charge in [-0.25, -0.2) is 4.98 Å². The van der Waals surface area contributed by atoms with Gasteiger partial charge >= 0.3 is 0 Å². The molecule has 0 aliphatic rings. The normalized spacial score (nSPS) is 11.8. The van der Waals surface area contributed by atoms with Gasteiger partial charge in [0.15, 0.2) is 0 Å². The lowest BCUT2D eigenvalue weighted by Crippen LogP contribution is -2.38. The third-order valence-corrected chi connectivity index (χ3v) is 4.61. The first-order chi connectivity index (χ1) is 5.43. The van der Waals surface area contributed by atoms with Gasteiger partial charge in [-0.3, -0.25) is 0 Å². The van der Waals surface area contributed by atoms with Gasteiger partial charge in [0.25, 0.3) is 0 Å². The zero-order valence-electron chi connectivity index (χ0n) is 7.36. The van der Waals surface area contributed by atoms with Gasteiger partial charge in [0, 0.05) is 6.20 Å². The van der Waals surface area contributed by atoms with Crippen molar-refractivity contribution in [2.45, 2.75) is 19.6 Å². The zero-order chi connectivity index (χ0) is 9.35. The molecule has 1 nitrogen and oxygen atoms in total. The molecule has 1 rings (SSSR count). The molecule has 4 heteroatoms. The van der Waals surface area contributed by atoms with E-state index in [-0.39, 0.29) is 0 Å². The van der Waals surface area contributed by atoms with Crippen molar-refractivity contribution in [1.29, 1.82) is 0 Å². The number of halogens is 2. The summed E-state index contributed by atoms with van der Waals surface area (Å²) < 4.78 is 0. The van der Waals surface area contributed by atoms with Crippen LogP contribution in [-0.4, -0.2) is 13.1 Å². The van der Waals surface area contributed by atoms with Crippen LogP contribution in [0.4, 0.5) is 0 Å². The molecular weight excluding hydrogens is 209 g/mol. The van der Waals surface area contributed by atoms with Crippen LogP contribution in [0.25, 0.3) is 0 Å². The molecule has 0 aromatic carbocycles. The molecule has 0 aliphatic heterocycles. The predicted molar refractivity (Wildman–Crippen MR) is 57.2 cm³/mol. The lowest BCUT2D eigenvalue weighted by Gasteiger charge is -2.17. The standard InChI is InChI=1S/C8H11Cl2NSi/c1-12(2,3)6-4-5-11-8(10)7(6)9/h4-5H,1-3H3. The summed E-state index contributed by atoms with van der Waals surface area (Å²) in [5, 5.41) is 2.21. The highest BCUT2D eigenvalue weighted by Gasteiger charge is 2.20. The topological polar surface area (TPSA) is 12.9 Å². The Hall–Kier alpha value is -0.0531. The van der Waals surface area contributed by atoms with E-state index in [9.17, 15) is 0 Å². The van der Waals surface area contributed by atoms with E-state index in [1.807, 2.05) is 6.07 Å². The van der Waals surface area contributed by atoms with Gasteiger partial charge in [0.2, 0.25) is 0 Å². The van der Waals surface area contributed by atoms with Crippen LogP contribution in [0.15, 0.2) is 12.3 Å². The van der Waals surface area contributed by atoms with Gasteiger partial charge < -0.3 is 0 Å². The lowest BCUT2D eigenvalue weighted by atomic mass is 10.5. The molecule has 0 radical (unpaired) electrons. The molecule has 0 N–H and O–H groups in total. The molecule has 0 fully saturated rings. The summed E-state index contributed by atoms with van der Waals surface area (Å²) in [5.74, 6) is 0. The Morgan fingerprint density at radius 2 is 1.83 bits per heavy atom. The summed E-state index contributed by atoms with van der Waals surface area (Å²) in [6.45, 7) is 6.68. The highest BCUT2D eigenvalue weighted by Crippen LogP contribution is 2.19. The van der Waals surface area contributed by atoms with Crippen molar-refractivity contribution in [2.75, 3.05) is 0 Å². The van der Waals surface area contributed by atoms with Crippen molar-refractivity contribution in [2.24, 2.45) is 0 Å². The lowest BCUT2D eigenvalue weighted by molar-refractivity contribution is 1.34. The van der Waals surface area contributed by atoms with E-state index < -0.39 is 8.07 Å². The van der Waals surface area contributed by atoms with Crippen molar-refractivity contribution in [3.05, 3.63) is 22.4 Å². The van der Waals surface area contributed by atoms with Gasteiger partial charge in [-0.1, -0.05) is 42.8 Å². The van der Waals surface area contributed by atoms with Crippen LogP contribution in [0.2, 0.25) is 29.8 Å². The first-order valence-electron chi connectivity index (χ1n) is 3.73.